The lowest BCUT2D eigenvalue weighted by Crippen LogP contribution is -2.46. The Morgan fingerprint density at radius 2 is 1.86 bits per heavy atom. The lowest BCUT2D eigenvalue weighted by atomic mass is 9.87. The van der Waals surface area contributed by atoms with Gasteiger partial charge in [0.2, 0.25) is 0 Å². The minimum absolute atomic E-state index is 0.0355. The maximum atomic E-state index is 12.0. The van der Waals surface area contributed by atoms with E-state index in [-0.39, 0.29) is 16.4 Å². The molecule has 2 rings (SSSR count). The van der Waals surface area contributed by atoms with Gasteiger partial charge in [0.25, 0.3) is 0 Å². The van der Waals surface area contributed by atoms with E-state index in [2.05, 4.69) is 9.44 Å². The van der Waals surface area contributed by atoms with Crippen molar-refractivity contribution in [2.45, 2.75) is 29.0 Å². The van der Waals surface area contributed by atoms with Gasteiger partial charge in [-0.1, -0.05) is 23.4 Å². The molecule has 5 nitrogen and oxygen atoms in total. The Morgan fingerprint density at radius 1 is 1.27 bits per heavy atom. The van der Waals surface area contributed by atoms with Crippen LogP contribution < -0.4 is 0 Å². The standard InChI is InChI=1S/C14H13Cl2NO4S/c1-9-8-11(12(15)14(2,16)13(9)18)17-21-22(19,20)10-6-4-3-5-7-10/h3-8,12H,1-2H3/b17-11-. The molecule has 8 heteroatoms. The first-order valence-corrected chi connectivity index (χ1v) is 8.51. The van der Waals surface area contributed by atoms with Crippen LogP contribution in [0.25, 0.3) is 0 Å². The summed E-state index contributed by atoms with van der Waals surface area (Å²) in [5.41, 5.74) is 0.407. The third-order valence-electron chi connectivity index (χ3n) is 3.17. The van der Waals surface area contributed by atoms with Gasteiger partial charge in [-0.05, 0) is 37.6 Å². The van der Waals surface area contributed by atoms with E-state index in [0.717, 1.165) is 0 Å². The van der Waals surface area contributed by atoms with Crippen molar-refractivity contribution in [1.82, 2.24) is 0 Å². The van der Waals surface area contributed by atoms with Crippen LogP contribution in [0.2, 0.25) is 0 Å². The van der Waals surface area contributed by atoms with Gasteiger partial charge < -0.3 is 0 Å². The summed E-state index contributed by atoms with van der Waals surface area (Å²) in [4.78, 5) is 10.5. The van der Waals surface area contributed by atoms with Crippen LogP contribution in [0.15, 0.2) is 52.0 Å². The van der Waals surface area contributed by atoms with E-state index in [0.29, 0.717) is 5.57 Å². The topological polar surface area (TPSA) is 72.8 Å². The Morgan fingerprint density at radius 3 is 2.45 bits per heavy atom. The molecule has 0 amide bonds. The van der Waals surface area contributed by atoms with Crippen LogP contribution in [0.4, 0.5) is 0 Å². The summed E-state index contributed by atoms with van der Waals surface area (Å²) in [5, 5.41) is 2.57. The van der Waals surface area contributed by atoms with Gasteiger partial charge in [-0.15, -0.1) is 23.2 Å². The van der Waals surface area contributed by atoms with E-state index < -0.39 is 20.4 Å². The van der Waals surface area contributed by atoms with E-state index in [1.807, 2.05) is 0 Å². The summed E-state index contributed by atoms with van der Waals surface area (Å²) in [6.45, 7) is 3.00. The quantitative estimate of drug-likeness (QED) is 0.612. The van der Waals surface area contributed by atoms with Crippen molar-refractivity contribution >= 4 is 44.8 Å². The number of carbonyl (C=O) groups is 1. The summed E-state index contributed by atoms with van der Waals surface area (Å²) >= 11 is 12.2. The highest BCUT2D eigenvalue weighted by atomic mass is 35.5. The Bertz CT molecular complexity index is 754. The molecule has 0 aromatic heterocycles. The first kappa shape index (κ1) is 17.0. The van der Waals surface area contributed by atoms with E-state index in [9.17, 15) is 13.2 Å². The van der Waals surface area contributed by atoms with E-state index in [4.69, 9.17) is 23.2 Å². The zero-order valence-electron chi connectivity index (χ0n) is 11.8. The van der Waals surface area contributed by atoms with Crippen molar-refractivity contribution in [1.29, 1.82) is 0 Å². The second-order valence-electron chi connectivity index (χ2n) is 4.95. The SMILES string of the molecule is CC1=C/C(=N/OS(=O)(=O)c2ccccc2)C(Cl)C(C)(Cl)C1=O. The number of halogens is 2. The molecule has 1 aliphatic rings. The monoisotopic (exact) mass is 361 g/mol. The predicted molar refractivity (Wildman–Crippen MR) is 84.8 cm³/mol. The molecular weight excluding hydrogens is 349 g/mol. The third kappa shape index (κ3) is 3.19. The first-order chi connectivity index (χ1) is 10.2. The van der Waals surface area contributed by atoms with E-state index in [1.54, 1.807) is 25.1 Å². The third-order valence-corrected chi connectivity index (χ3v) is 5.46. The second kappa shape index (κ2) is 6.02. The Kier molecular flexibility index (Phi) is 4.65. The molecule has 0 heterocycles. The Labute approximate surface area is 138 Å². The van der Waals surface area contributed by atoms with Crippen LogP contribution in [0.5, 0.6) is 0 Å². The average Bonchev–Trinajstić information content (AvgIpc) is 2.49. The number of allylic oxidation sites excluding steroid dienone is 2. The van der Waals surface area contributed by atoms with Gasteiger partial charge in [-0.3, -0.25) is 9.08 Å². The largest absolute Gasteiger partial charge is 0.358 e. The molecule has 0 fully saturated rings. The van der Waals surface area contributed by atoms with Crippen LogP contribution in [-0.2, 0) is 19.2 Å². The highest BCUT2D eigenvalue weighted by Gasteiger charge is 2.45. The van der Waals surface area contributed by atoms with Crippen molar-refractivity contribution in [2.75, 3.05) is 0 Å². The number of Topliss-reactive ketones (excluding diaryl/α,β-unsaturated/α-hetero) is 1. The smallest absolute Gasteiger partial charge is 0.292 e. The average molecular weight is 362 g/mol. The van der Waals surface area contributed by atoms with Gasteiger partial charge in [-0.2, -0.15) is 8.42 Å². The number of nitrogens with zero attached hydrogens (tertiary/aromatic N) is 1. The molecule has 0 saturated heterocycles. The molecule has 0 radical (unpaired) electrons. The number of hydrogen-bond donors (Lipinski definition) is 0. The number of alkyl halides is 2. The lowest BCUT2D eigenvalue weighted by molar-refractivity contribution is -0.117. The van der Waals surface area contributed by atoms with Crippen molar-refractivity contribution in [3.05, 3.63) is 42.0 Å². The fourth-order valence-corrected chi connectivity index (χ4v) is 3.16. The normalized spacial score (nSPS) is 27.6. The van der Waals surface area contributed by atoms with Crippen LogP contribution >= 0.6 is 23.2 Å². The summed E-state index contributed by atoms with van der Waals surface area (Å²) in [6, 6.07) is 7.56. The molecule has 118 valence electrons. The predicted octanol–water partition coefficient (Wildman–Crippen LogP) is 2.88. The number of rotatable bonds is 3. The van der Waals surface area contributed by atoms with Gasteiger partial charge in [0, 0.05) is 0 Å². The lowest BCUT2D eigenvalue weighted by Gasteiger charge is -2.29. The van der Waals surface area contributed by atoms with Gasteiger partial charge in [0.05, 0.1) is 0 Å². The number of ketones is 1. The summed E-state index contributed by atoms with van der Waals surface area (Å²) < 4.78 is 28.7. The van der Waals surface area contributed by atoms with E-state index >= 15 is 0 Å². The second-order valence-corrected chi connectivity index (χ2v) is 7.70. The van der Waals surface area contributed by atoms with Crippen molar-refractivity contribution < 1.29 is 17.5 Å². The molecule has 0 spiro atoms. The zero-order chi connectivity index (χ0) is 16.5. The molecule has 2 unspecified atom stereocenters. The van der Waals surface area contributed by atoms with Crippen molar-refractivity contribution in [3.63, 3.8) is 0 Å². The molecule has 0 aliphatic heterocycles. The molecule has 0 N–H and O–H groups in total. The fraction of sp³-hybridized carbons (Fsp3) is 0.286. The summed E-state index contributed by atoms with van der Waals surface area (Å²) in [6.07, 6.45) is 1.37. The number of oxime groups is 1. The minimum Gasteiger partial charge on any atom is -0.292 e. The van der Waals surface area contributed by atoms with Gasteiger partial charge in [0.1, 0.15) is 20.9 Å². The number of benzene rings is 1. The highest BCUT2D eigenvalue weighted by Crippen LogP contribution is 2.33. The molecule has 0 bridgehead atoms. The number of hydrogen-bond acceptors (Lipinski definition) is 5. The molecule has 22 heavy (non-hydrogen) atoms. The fourth-order valence-electron chi connectivity index (χ4n) is 1.93. The molecule has 1 aromatic carbocycles. The molecule has 1 aliphatic carbocycles. The van der Waals surface area contributed by atoms with Gasteiger partial charge >= 0.3 is 10.1 Å². The minimum atomic E-state index is -4.05. The molecule has 0 saturated carbocycles. The van der Waals surface area contributed by atoms with Crippen LogP contribution in [0.3, 0.4) is 0 Å². The zero-order valence-corrected chi connectivity index (χ0v) is 14.1. The Hall–Kier alpha value is -1.37. The van der Waals surface area contributed by atoms with E-state index in [1.165, 1.54) is 25.1 Å². The van der Waals surface area contributed by atoms with Crippen LogP contribution in [0.1, 0.15) is 13.8 Å². The molecular formula is C14H13Cl2NO4S. The van der Waals surface area contributed by atoms with Crippen LogP contribution in [0, 0.1) is 0 Å². The molecule has 2 atom stereocenters. The number of carbonyl (C=O) groups excluding carboxylic acids is 1. The van der Waals surface area contributed by atoms with Crippen molar-refractivity contribution in [2.24, 2.45) is 5.16 Å². The highest BCUT2D eigenvalue weighted by molar-refractivity contribution is 7.86. The molecule has 1 aromatic rings. The maximum absolute atomic E-state index is 12.0. The summed E-state index contributed by atoms with van der Waals surface area (Å²) in [7, 11) is -4.05. The van der Waals surface area contributed by atoms with Gasteiger partial charge in [-0.25, -0.2) is 0 Å². The summed E-state index contributed by atoms with van der Waals surface area (Å²) in [5.74, 6) is -0.334. The first-order valence-electron chi connectivity index (χ1n) is 6.29. The van der Waals surface area contributed by atoms with Crippen LogP contribution in [-0.4, -0.2) is 30.2 Å². The Balaban J connectivity index is 2.33. The maximum Gasteiger partial charge on any atom is 0.358 e. The van der Waals surface area contributed by atoms with Crippen molar-refractivity contribution in [3.8, 4) is 0 Å². The van der Waals surface area contributed by atoms with Gasteiger partial charge in [0.15, 0.2) is 5.78 Å².